The maximum absolute atomic E-state index is 2.95. The second kappa shape index (κ2) is 4.22. The van der Waals surface area contributed by atoms with Crippen LogP contribution in [0.4, 0.5) is 0 Å². The fraction of sp³-hybridized carbons (Fsp3) is 0.909. The van der Waals surface area contributed by atoms with E-state index in [1.54, 1.807) is 64.2 Å². The zero-order valence-electron chi connectivity index (χ0n) is 14.3. The average molecular weight is 296 g/mol. The summed E-state index contributed by atoms with van der Waals surface area (Å²) in [5.74, 6) is 8.61. The van der Waals surface area contributed by atoms with Crippen LogP contribution < -0.4 is 0 Å². The Morgan fingerprint density at radius 3 is 1.50 bits per heavy atom. The summed E-state index contributed by atoms with van der Waals surface area (Å²) < 4.78 is 0. The van der Waals surface area contributed by atoms with Gasteiger partial charge in [0, 0.05) is 0 Å². The van der Waals surface area contributed by atoms with E-state index in [0.29, 0.717) is 5.41 Å². The topological polar surface area (TPSA) is 0 Å². The molecule has 8 fully saturated rings. The molecule has 0 aromatic rings. The van der Waals surface area contributed by atoms with Crippen LogP contribution in [0.15, 0.2) is 11.6 Å². The molecule has 0 radical (unpaired) electrons. The third-order valence-corrected chi connectivity index (χ3v) is 9.46. The smallest absolute Gasteiger partial charge is 0.00868 e. The van der Waals surface area contributed by atoms with Gasteiger partial charge < -0.3 is 0 Å². The largest absolute Gasteiger partial charge is 0.0783 e. The van der Waals surface area contributed by atoms with Gasteiger partial charge in [0.1, 0.15) is 0 Å². The fourth-order valence-electron chi connectivity index (χ4n) is 8.76. The van der Waals surface area contributed by atoms with Gasteiger partial charge in [-0.15, -0.1) is 0 Å². The highest BCUT2D eigenvalue weighted by Crippen LogP contribution is 2.64. The monoisotopic (exact) mass is 296 g/mol. The molecule has 8 rings (SSSR count). The molecule has 0 spiro atoms. The van der Waals surface area contributed by atoms with Crippen LogP contribution in [0.1, 0.15) is 71.1 Å². The van der Waals surface area contributed by atoms with Crippen molar-refractivity contribution in [2.24, 2.45) is 52.8 Å². The van der Waals surface area contributed by atoms with Crippen molar-refractivity contribution in [1.29, 1.82) is 0 Å². The lowest BCUT2D eigenvalue weighted by Gasteiger charge is -2.60. The standard InChI is InChI=1S/C22H32/c1-22(19-8-15-3-16(10-19)11-20(22)9-15)12-21-17-4-13-2-14(6-17)7-18(21)5-13/h12-20H,2-11H2,1H3. The van der Waals surface area contributed by atoms with Gasteiger partial charge in [0.05, 0.1) is 0 Å². The average Bonchev–Trinajstić information content (AvgIpc) is 2.47. The van der Waals surface area contributed by atoms with Crippen molar-refractivity contribution in [2.75, 3.05) is 0 Å². The highest BCUT2D eigenvalue weighted by Gasteiger charge is 2.55. The Balaban J connectivity index is 1.37. The first-order chi connectivity index (χ1) is 10.7. The zero-order valence-corrected chi connectivity index (χ0v) is 14.3. The maximum Gasteiger partial charge on any atom is -0.00868 e. The van der Waals surface area contributed by atoms with Gasteiger partial charge in [-0.1, -0.05) is 18.6 Å². The Hall–Kier alpha value is -0.260. The van der Waals surface area contributed by atoms with Crippen molar-refractivity contribution in [2.45, 2.75) is 71.1 Å². The van der Waals surface area contributed by atoms with Gasteiger partial charge in [-0.2, -0.15) is 0 Å². The van der Waals surface area contributed by atoms with E-state index in [4.69, 9.17) is 0 Å². The molecule has 0 heterocycles. The molecule has 8 saturated carbocycles. The summed E-state index contributed by atoms with van der Waals surface area (Å²) >= 11 is 0. The molecule has 0 aromatic carbocycles. The quantitative estimate of drug-likeness (QED) is 0.534. The first kappa shape index (κ1) is 13.1. The molecule has 0 unspecified atom stereocenters. The lowest BCUT2D eigenvalue weighted by Crippen LogP contribution is -2.51. The minimum absolute atomic E-state index is 0.595. The van der Waals surface area contributed by atoms with Gasteiger partial charge >= 0.3 is 0 Å². The van der Waals surface area contributed by atoms with E-state index >= 15 is 0 Å². The van der Waals surface area contributed by atoms with Gasteiger partial charge in [0.25, 0.3) is 0 Å². The molecular weight excluding hydrogens is 264 g/mol. The van der Waals surface area contributed by atoms with Crippen LogP contribution in [0.3, 0.4) is 0 Å². The SMILES string of the molecule is CC1(C=C2C3CC4CC(C3)CC2C4)C2CC3CC(C2)CC1C3. The van der Waals surface area contributed by atoms with Crippen LogP contribution in [0.25, 0.3) is 0 Å². The Bertz CT molecular complexity index is 466. The minimum Gasteiger partial charge on any atom is -0.0783 e. The van der Waals surface area contributed by atoms with Gasteiger partial charge in [-0.05, 0) is 117 Å². The molecule has 0 heteroatoms. The predicted molar refractivity (Wildman–Crippen MR) is 90.3 cm³/mol. The first-order valence-electron chi connectivity index (χ1n) is 10.4. The number of hydrogen-bond donors (Lipinski definition) is 0. The highest BCUT2D eigenvalue weighted by atomic mass is 14.6. The fourth-order valence-corrected chi connectivity index (χ4v) is 8.76. The molecule has 0 nitrogen and oxygen atoms in total. The Morgan fingerprint density at radius 1 is 0.636 bits per heavy atom. The number of allylic oxidation sites excluding steroid dienone is 2. The predicted octanol–water partition coefficient (Wildman–Crippen LogP) is 5.83. The molecule has 0 aromatic heterocycles. The Labute approximate surface area is 136 Å². The van der Waals surface area contributed by atoms with E-state index in [1.165, 1.54) is 0 Å². The highest BCUT2D eigenvalue weighted by molar-refractivity contribution is 5.25. The molecule has 0 saturated heterocycles. The number of hydrogen-bond acceptors (Lipinski definition) is 0. The molecule has 8 aliphatic rings. The summed E-state index contributed by atoms with van der Waals surface area (Å²) in [5.41, 5.74) is 2.58. The van der Waals surface area contributed by atoms with Gasteiger partial charge in [0.15, 0.2) is 0 Å². The Kier molecular flexibility index (Phi) is 2.51. The van der Waals surface area contributed by atoms with Crippen molar-refractivity contribution < 1.29 is 0 Å². The van der Waals surface area contributed by atoms with Gasteiger partial charge in [0.2, 0.25) is 0 Å². The van der Waals surface area contributed by atoms with Crippen LogP contribution in [-0.4, -0.2) is 0 Å². The molecule has 0 atom stereocenters. The molecule has 8 aliphatic carbocycles. The second-order valence-corrected chi connectivity index (χ2v) is 10.6. The van der Waals surface area contributed by atoms with E-state index in [1.807, 2.05) is 5.57 Å². The van der Waals surface area contributed by atoms with Crippen LogP contribution in [0, 0.1) is 52.8 Å². The van der Waals surface area contributed by atoms with Crippen molar-refractivity contribution in [3.05, 3.63) is 11.6 Å². The third kappa shape index (κ3) is 1.65. The van der Waals surface area contributed by atoms with Crippen molar-refractivity contribution >= 4 is 0 Å². The first-order valence-corrected chi connectivity index (χ1v) is 10.4. The summed E-state index contributed by atoms with van der Waals surface area (Å²) in [6.45, 7) is 2.69. The molecule has 22 heavy (non-hydrogen) atoms. The van der Waals surface area contributed by atoms with Crippen LogP contribution in [-0.2, 0) is 0 Å². The normalized spacial score (nSPS) is 61.0. The van der Waals surface area contributed by atoms with Crippen molar-refractivity contribution in [1.82, 2.24) is 0 Å². The summed E-state index contributed by atoms with van der Waals surface area (Å²) in [5, 5.41) is 0. The lowest BCUT2D eigenvalue weighted by molar-refractivity contribution is -0.0727. The summed E-state index contributed by atoms with van der Waals surface area (Å²) in [7, 11) is 0. The summed E-state index contributed by atoms with van der Waals surface area (Å²) in [6, 6.07) is 0. The molecule has 0 aliphatic heterocycles. The second-order valence-electron chi connectivity index (χ2n) is 10.6. The van der Waals surface area contributed by atoms with Gasteiger partial charge in [-0.3, -0.25) is 0 Å². The maximum atomic E-state index is 2.95. The van der Waals surface area contributed by atoms with Gasteiger partial charge in [-0.25, -0.2) is 0 Å². The molecule has 120 valence electrons. The molecule has 0 N–H and O–H groups in total. The van der Waals surface area contributed by atoms with Crippen LogP contribution in [0.5, 0.6) is 0 Å². The third-order valence-electron chi connectivity index (χ3n) is 9.46. The van der Waals surface area contributed by atoms with Crippen LogP contribution in [0.2, 0.25) is 0 Å². The lowest BCUT2D eigenvalue weighted by atomic mass is 9.44. The zero-order chi connectivity index (χ0) is 14.5. The summed E-state index contributed by atoms with van der Waals surface area (Å²) in [6.07, 6.45) is 18.7. The number of rotatable bonds is 1. The van der Waals surface area contributed by atoms with E-state index in [0.717, 1.165) is 47.3 Å². The Morgan fingerprint density at radius 2 is 1.05 bits per heavy atom. The molecular formula is C22H32. The molecule has 0 amide bonds. The van der Waals surface area contributed by atoms with Crippen molar-refractivity contribution in [3.63, 3.8) is 0 Å². The van der Waals surface area contributed by atoms with E-state index in [-0.39, 0.29) is 0 Å². The van der Waals surface area contributed by atoms with E-state index in [9.17, 15) is 0 Å². The van der Waals surface area contributed by atoms with E-state index in [2.05, 4.69) is 13.0 Å². The minimum atomic E-state index is 0.595. The van der Waals surface area contributed by atoms with Crippen LogP contribution >= 0.6 is 0 Å². The van der Waals surface area contributed by atoms with E-state index < -0.39 is 0 Å². The molecule has 8 bridgehead atoms. The summed E-state index contributed by atoms with van der Waals surface area (Å²) in [4.78, 5) is 0. The van der Waals surface area contributed by atoms with Crippen molar-refractivity contribution in [3.8, 4) is 0 Å².